The fraction of sp³-hybridized carbons (Fsp3) is 0.706. The average molecular weight is 418 g/mol. The van der Waals surface area contributed by atoms with E-state index in [0.717, 1.165) is 0 Å². The average Bonchev–Trinajstić information content (AvgIpc) is 2.61. The Balaban J connectivity index is 5.20. The first-order valence-electron chi connectivity index (χ1n) is 9.03. The van der Waals surface area contributed by atoms with Crippen LogP contribution in [0.1, 0.15) is 34.1 Å². The zero-order chi connectivity index (χ0) is 22.9. The van der Waals surface area contributed by atoms with Crippen molar-refractivity contribution in [3.05, 3.63) is 0 Å². The number of rotatable bonds is 12. The molecule has 0 fully saturated rings. The van der Waals surface area contributed by atoms with Gasteiger partial charge in [-0.1, -0.05) is 27.7 Å². The molecule has 0 aromatic carbocycles. The van der Waals surface area contributed by atoms with Crippen LogP contribution < -0.4 is 21.7 Å². The third-order valence-corrected chi connectivity index (χ3v) is 4.08. The molecule has 0 aromatic heterocycles. The van der Waals surface area contributed by atoms with Crippen LogP contribution in [0.5, 0.6) is 0 Å². The molecule has 12 heteroatoms. The van der Waals surface area contributed by atoms with Crippen LogP contribution >= 0.6 is 0 Å². The van der Waals surface area contributed by atoms with Gasteiger partial charge in [0.25, 0.3) is 0 Å². The summed E-state index contributed by atoms with van der Waals surface area (Å²) in [5.41, 5.74) is 5.76. The predicted molar refractivity (Wildman–Crippen MR) is 100 cm³/mol. The largest absolute Gasteiger partial charge is 0.481 e. The van der Waals surface area contributed by atoms with Crippen LogP contribution in [-0.4, -0.2) is 75.8 Å². The van der Waals surface area contributed by atoms with Crippen LogP contribution in [0.2, 0.25) is 0 Å². The zero-order valence-corrected chi connectivity index (χ0v) is 16.8. The van der Waals surface area contributed by atoms with Crippen molar-refractivity contribution in [3.8, 4) is 0 Å². The van der Waals surface area contributed by atoms with Crippen molar-refractivity contribution in [3.63, 3.8) is 0 Å². The quantitative estimate of drug-likeness (QED) is 0.180. The predicted octanol–water partition coefficient (Wildman–Crippen LogP) is -2.37. The maximum Gasteiger partial charge on any atom is 0.326 e. The molecule has 0 aliphatic rings. The summed E-state index contributed by atoms with van der Waals surface area (Å²) < 4.78 is 0. The van der Waals surface area contributed by atoms with Gasteiger partial charge in [-0.15, -0.1) is 0 Å². The van der Waals surface area contributed by atoms with E-state index in [1.807, 2.05) is 5.32 Å². The summed E-state index contributed by atoms with van der Waals surface area (Å²) in [5.74, 6) is -6.04. The number of carbonyl (C=O) groups is 5. The maximum absolute atomic E-state index is 12.5. The van der Waals surface area contributed by atoms with Gasteiger partial charge in [0.05, 0.1) is 19.1 Å². The smallest absolute Gasteiger partial charge is 0.326 e. The number of aliphatic carboxylic acids is 2. The first kappa shape index (κ1) is 26.3. The molecule has 4 unspecified atom stereocenters. The molecular weight excluding hydrogens is 388 g/mol. The third-order valence-electron chi connectivity index (χ3n) is 4.08. The standard InChI is InChI=1S/C17H30N4O8/c1-7(2)12(18)15(26)21-13(8(3)4)16(27)20-10(6-22)14(25)19-9(17(28)29)5-11(23)24/h7-10,12-13,22H,5-6,18H2,1-4H3,(H,19,25)(H,20,27)(H,21,26)(H,23,24)(H,28,29). The zero-order valence-electron chi connectivity index (χ0n) is 16.8. The van der Waals surface area contributed by atoms with Crippen LogP contribution in [0.15, 0.2) is 0 Å². The lowest BCUT2D eigenvalue weighted by atomic mass is 10.00. The lowest BCUT2D eigenvalue weighted by Gasteiger charge is -2.26. The van der Waals surface area contributed by atoms with Crippen molar-refractivity contribution in [2.45, 2.75) is 58.3 Å². The molecule has 0 aromatic rings. The second-order valence-corrected chi connectivity index (χ2v) is 7.24. The number of aliphatic hydroxyl groups is 1. The number of hydrogen-bond donors (Lipinski definition) is 7. The minimum atomic E-state index is -1.74. The van der Waals surface area contributed by atoms with E-state index in [9.17, 15) is 29.1 Å². The molecule has 0 saturated heterocycles. The number of amides is 3. The number of carboxylic acid groups (broad SMARTS) is 2. The number of hydrogen-bond acceptors (Lipinski definition) is 7. The molecule has 0 saturated carbocycles. The summed E-state index contributed by atoms with van der Waals surface area (Å²) in [5, 5.41) is 33.7. The van der Waals surface area contributed by atoms with Gasteiger partial charge in [-0.2, -0.15) is 0 Å². The Kier molecular flexibility index (Phi) is 10.8. The molecule has 12 nitrogen and oxygen atoms in total. The van der Waals surface area contributed by atoms with E-state index in [0.29, 0.717) is 0 Å². The summed E-state index contributed by atoms with van der Waals surface area (Å²) in [4.78, 5) is 58.6. The van der Waals surface area contributed by atoms with Gasteiger partial charge in [-0.05, 0) is 11.8 Å². The minimum Gasteiger partial charge on any atom is -0.481 e. The van der Waals surface area contributed by atoms with Crippen LogP contribution in [0, 0.1) is 11.8 Å². The number of carboxylic acids is 2. The molecule has 3 amide bonds. The van der Waals surface area contributed by atoms with Crippen molar-refractivity contribution < 1.29 is 39.3 Å². The Morgan fingerprint density at radius 2 is 1.31 bits per heavy atom. The first-order chi connectivity index (χ1) is 13.3. The van der Waals surface area contributed by atoms with Gasteiger partial charge in [-0.25, -0.2) is 4.79 Å². The van der Waals surface area contributed by atoms with Crippen molar-refractivity contribution in [2.75, 3.05) is 6.61 Å². The molecule has 29 heavy (non-hydrogen) atoms. The highest BCUT2D eigenvalue weighted by Gasteiger charge is 2.32. The summed E-state index contributed by atoms with van der Waals surface area (Å²) in [7, 11) is 0. The van der Waals surface area contributed by atoms with Crippen LogP contribution in [0.25, 0.3) is 0 Å². The van der Waals surface area contributed by atoms with Gasteiger partial charge in [0.15, 0.2) is 0 Å². The van der Waals surface area contributed by atoms with Crippen LogP contribution in [0.3, 0.4) is 0 Å². The van der Waals surface area contributed by atoms with Gasteiger partial charge in [0.1, 0.15) is 18.1 Å². The fourth-order valence-corrected chi connectivity index (χ4v) is 2.19. The van der Waals surface area contributed by atoms with Crippen molar-refractivity contribution in [2.24, 2.45) is 17.6 Å². The highest BCUT2D eigenvalue weighted by Crippen LogP contribution is 2.06. The molecule has 0 radical (unpaired) electrons. The Morgan fingerprint density at radius 3 is 1.69 bits per heavy atom. The van der Waals surface area contributed by atoms with E-state index in [1.165, 1.54) is 0 Å². The van der Waals surface area contributed by atoms with Crippen LogP contribution in [-0.2, 0) is 24.0 Å². The van der Waals surface area contributed by atoms with Crippen LogP contribution in [0.4, 0.5) is 0 Å². The topological polar surface area (TPSA) is 208 Å². The highest BCUT2D eigenvalue weighted by atomic mass is 16.4. The molecule has 0 rings (SSSR count). The number of aliphatic hydroxyl groups excluding tert-OH is 1. The highest BCUT2D eigenvalue weighted by molar-refractivity contribution is 5.94. The van der Waals surface area contributed by atoms with Gasteiger partial charge in [0.2, 0.25) is 17.7 Å². The normalized spacial score (nSPS) is 15.2. The Labute approximate surface area is 168 Å². The molecule has 0 bridgehead atoms. The fourth-order valence-electron chi connectivity index (χ4n) is 2.19. The van der Waals surface area contributed by atoms with Gasteiger partial charge >= 0.3 is 11.9 Å². The molecular formula is C17H30N4O8. The Bertz CT molecular complexity index is 623. The van der Waals surface area contributed by atoms with E-state index in [2.05, 4.69) is 10.6 Å². The molecule has 166 valence electrons. The van der Waals surface area contributed by atoms with Crippen molar-refractivity contribution >= 4 is 29.7 Å². The van der Waals surface area contributed by atoms with E-state index in [-0.39, 0.29) is 11.8 Å². The molecule has 0 aliphatic carbocycles. The van der Waals surface area contributed by atoms with Gasteiger partial charge in [0, 0.05) is 0 Å². The Morgan fingerprint density at radius 1 is 0.793 bits per heavy atom. The summed E-state index contributed by atoms with van der Waals surface area (Å²) in [6, 6.07) is -5.21. The Hall–Kier alpha value is -2.73. The van der Waals surface area contributed by atoms with E-state index >= 15 is 0 Å². The first-order valence-corrected chi connectivity index (χ1v) is 9.03. The second kappa shape index (κ2) is 12.0. The van der Waals surface area contributed by atoms with Crippen molar-refractivity contribution in [1.29, 1.82) is 0 Å². The summed E-state index contributed by atoms with van der Waals surface area (Å²) in [6.07, 6.45) is -0.884. The minimum absolute atomic E-state index is 0.177. The van der Waals surface area contributed by atoms with Gasteiger partial charge < -0.3 is 37.0 Å². The molecule has 0 aliphatic heterocycles. The SMILES string of the molecule is CC(C)C(N)C(=O)NC(C(=O)NC(CO)C(=O)NC(CC(=O)O)C(=O)O)C(C)C. The van der Waals surface area contributed by atoms with E-state index in [1.54, 1.807) is 27.7 Å². The van der Waals surface area contributed by atoms with Gasteiger partial charge in [-0.3, -0.25) is 19.2 Å². The van der Waals surface area contributed by atoms with E-state index in [4.69, 9.17) is 15.9 Å². The summed E-state index contributed by atoms with van der Waals surface area (Å²) >= 11 is 0. The maximum atomic E-state index is 12.5. The number of nitrogens with two attached hydrogens (primary N) is 1. The monoisotopic (exact) mass is 418 g/mol. The lowest BCUT2D eigenvalue weighted by molar-refractivity contribution is -0.147. The molecule has 8 N–H and O–H groups in total. The number of nitrogens with one attached hydrogen (secondary N) is 3. The van der Waals surface area contributed by atoms with E-state index < -0.39 is 66.9 Å². The molecule has 0 spiro atoms. The third kappa shape index (κ3) is 8.87. The molecule has 0 heterocycles. The van der Waals surface area contributed by atoms with Crippen molar-refractivity contribution in [1.82, 2.24) is 16.0 Å². The second-order valence-electron chi connectivity index (χ2n) is 7.24. The molecule has 4 atom stereocenters. The lowest BCUT2D eigenvalue weighted by Crippen LogP contribution is -2.59. The number of carbonyl (C=O) groups excluding carboxylic acids is 3. The summed E-state index contributed by atoms with van der Waals surface area (Å²) in [6.45, 7) is 5.88.